The molecular weight excluding hydrogens is 284 g/mol. The van der Waals surface area contributed by atoms with Gasteiger partial charge >= 0.3 is 0 Å². The maximum Gasteiger partial charge on any atom is 0.191 e. The Morgan fingerprint density at radius 2 is 1.91 bits per heavy atom. The van der Waals surface area contributed by atoms with E-state index in [9.17, 15) is 0 Å². The molecule has 0 amide bonds. The van der Waals surface area contributed by atoms with Crippen LogP contribution in [0.25, 0.3) is 0 Å². The van der Waals surface area contributed by atoms with Crippen LogP contribution in [-0.4, -0.2) is 49.6 Å². The first-order chi connectivity index (χ1) is 11.0. The summed E-state index contributed by atoms with van der Waals surface area (Å²) in [4.78, 5) is 7.40. The van der Waals surface area contributed by atoms with Gasteiger partial charge in [-0.3, -0.25) is 9.89 Å². The molecule has 2 N–H and O–H groups in total. The molecule has 2 rings (SSSR count). The summed E-state index contributed by atoms with van der Waals surface area (Å²) in [7, 11) is 0. The fraction of sp³-hybridized carbons (Fsp3) is 0.842. The van der Waals surface area contributed by atoms with Crippen molar-refractivity contribution in [3.8, 4) is 0 Å². The van der Waals surface area contributed by atoms with E-state index >= 15 is 0 Å². The van der Waals surface area contributed by atoms with Gasteiger partial charge in [-0.1, -0.05) is 31.9 Å². The molecular formula is C19H36N4. The summed E-state index contributed by atoms with van der Waals surface area (Å²) in [6.45, 7) is 15.9. The number of likely N-dealkylation sites (tertiary alicyclic amines) is 1. The van der Waals surface area contributed by atoms with Gasteiger partial charge in [-0.2, -0.15) is 0 Å². The molecule has 0 radical (unpaired) electrons. The highest BCUT2D eigenvalue weighted by atomic mass is 15.2. The third-order valence-corrected chi connectivity index (χ3v) is 5.20. The second-order valence-electron chi connectivity index (χ2n) is 7.86. The molecule has 2 aliphatic rings. The van der Waals surface area contributed by atoms with Gasteiger partial charge in [0.25, 0.3) is 0 Å². The van der Waals surface area contributed by atoms with Crippen molar-refractivity contribution in [3.05, 3.63) is 12.2 Å². The maximum absolute atomic E-state index is 4.90. The van der Waals surface area contributed by atoms with Crippen molar-refractivity contribution in [1.29, 1.82) is 0 Å². The van der Waals surface area contributed by atoms with Crippen LogP contribution in [0, 0.1) is 5.41 Å². The zero-order chi connectivity index (χ0) is 16.7. The molecule has 132 valence electrons. The Hall–Kier alpha value is -1.03. The molecule has 0 aromatic rings. The van der Waals surface area contributed by atoms with Crippen molar-refractivity contribution in [3.63, 3.8) is 0 Å². The van der Waals surface area contributed by atoms with Crippen LogP contribution in [-0.2, 0) is 0 Å². The normalized spacial score (nSPS) is 23.0. The van der Waals surface area contributed by atoms with Gasteiger partial charge in [-0.15, -0.1) is 0 Å². The molecule has 1 saturated heterocycles. The Labute approximate surface area is 142 Å². The zero-order valence-electron chi connectivity index (χ0n) is 15.5. The quantitative estimate of drug-likeness (QED) is 0.449. The van der Waals surface area contributed by atoms with Crippen LogP contribution in [0.4, 0.5) is 0 Å². The first kappa shape index (κ1) is 18.3. The molecule has 1 aliphatic carbocycles. The molecule has 0 unspecified atom stereocenters. The first-order valence-electron chi connectivity index (χ1n) is 9.42. The predicted octanol–water partition coefficient (Wildman–Crippen LogP) is 3.16. The summed E-state index contributed by atoms with van der Waals surface area (Å²) >= 11 is 0. The molecule has 4 nitrogen and oxygen atoms in total. The van der Waals surface area contributed by atoms with Crippen molar-refractivity contribution >= 4 is 5.96 Å². The van der Waals surface area contributed by atoms with Crippen LogP contribution in [0.5, 0.6) is 0 Å². The number of nitrogens with one attached hydrogen (secondary N) is 2. The van der Waals surface area contributed by atoms with Gasteiger partial charge in [0.1, 0.15) is 0 Å². The molecule has 1 heterocycles. The molecule has 0 spiro atoms. The molecule has 2 fully saturated rings. The molecule has 23 heavy (non-hydrogen) atoms. The van der Waals surface area contributed by atoms with Crippen LogP contribution in [0.15, 0.2) is 17.1 Å². The number of hydrogen-bond donors (Lipinski definition) is 2. The number of nitrogens with zero attached hydrogens (tertiary/aromatic N) is 2. The van der Waals surface area contributed by atoms with Crippen molar-refractivity contribution in [1.82, 2.24) is 15.5 Å². The second kappa shape index (κ2) is 8.72. The number of hydrogen-bond acceptors (Lipinski definition) is 2. The SMILES string of the molecule is C=C(C)CN1CCC(NC(=NCC2(C)CCCC2)NCC)CC1. The van der Waals surface area contributed by atoms with Crippen LogP contribution >= 0.6 is 0 Å². The Bertz CT molecular complexity index is 402. The molecule has 1 aliphatic heterocycles. The average molecular weight is 321 g/mol. The van der Waals surface area contributed by atoms with E-state index in [1.54, 1.807) is 0 Å². The van der Waals surface area contributed by atoms with E-state index in [2.05, 4.69) is 42.9 Å². The van der Waals surface area contributed by atoms with Gasteiger partial charge in [0.05, 0.1) is 0 Å². The van der Waals surface area contributed by atoms with E-state index in [-0.39, 0.29) is 0 Å². The number of aliphatic imine (C=N–C) groups is 1. The van der Waals surface area contributed by atoms with Gasteiger partial charge in [0.15, 0.2) is 5.96 Å². The molecule has 1 saturated carbocycles. The number of rotatable bonds is 6. The zero-order valence-corrected chi connectivity index (χ0v) is 15.5. The van der Waals surface area contributed by atoms with E-state index in [4.69, 9.17) is 4.99 Å². The Kier molecular flexibility index (Phi) is 6.94. The third kappa shape index (κ3) is 6.17. The fourth-order valence-corrected chi connectivity index (χ4v) is 3.79. The minimum absolute atomic E-state index is 0.424. The molecule has 4 heteroatoms. The maximum atomic E-state index is 4.90. The van der Waals surface area contributed by atoms with Gasteiger partial charge in [0, 0.05) is 38.8 Å². The van der Waals surface area contributed by atoms with Crippen LogP contribution in [0.1, 0.15) is 59.3 Å². The van der Waals surface area contributed by atoms with Gasteiger partial charge in [0.2, 0.25) is 0 Å². The lowest BCUT2D eigenvalue weighted by Gasteiger charge is -2.33. The van der Waals surface area contributed by atoms with Crippen molar-refractivity contribution in [2.75, 3.05) is 32.7 Å². The summed E-state index contributed by atoms with van der Waals surface area (Å²) in [6.07, 6.45) is 7.78. The van der Waals surface area contributed by atoms with E-state index in [1.807, 2.05) is 0 Å². The van der Waals surface area contributed by atoms with Crippen LogP contribution < -0.4 is 10.6 Å². The molecule has 0 bridgehead atoms. The van der Waals surface area contributed by atoms with E-state index in [0.29, 0.717) is 11.5 Å². The molecule has 0 aromatic carbocycles. The fourth-order valence-electron chi connectivity index (χ4n) is 3.79. The highest BCUT2D eigenvalue weighted by molar-refractivity contribution is 5.80. The topological polar surface area (TPSA) is 39.7 Å². The summed E-state index contributed by atoms with van der Waals surface area (Å²) in [6, 6.07) is 0.547. The van der Waals surface area contributed by atoms with Crippen molar-refractivity contribution in [2.45, 2.75) is 65.3 Å². The molecule has 0 atom stereocenters. The Morgan fingerprint density at radius 1 is 1.26 bits per heavy atom. The lowest BCUT2D eigenvalue weighted by atomic mass is 9.89. The second-order valence-corrected chi connectivity index (χ2v) is 7.86. The standard InChI is InChI=1S/C19H36N4/c1-5-20-18(21-15-19(4)10-6-7-11-19)22-17-8-12-23(13-9-17)14-16(2)3/h17H,2,5-15H2,1,3-4H3,(H2,20,21,22). The third-order valence-electron chi connectivity index (χ3n) is 5.20. The predicted molar refractivity (Wildman–Crippen MR) is 100.0 cm³/mol. The van der Waals surface area contributed by atoms with E-state index < -0.39 is 0 Å². The van der Waals surface area contributed by atoms with Gasteiger partial charge in [-0.05, 0) is 44.9 Å². The number of piperidine rings is 1. The van der Waals surface area contributed by atoms with Crippen LogP contribution in [0.3, 0.4) is 0 Å². The summed E-state index contributed by atoms with van der Waals surface area (Å²) in [5.41, 5.74) is 1.68. The van der Waals surface area contributed by atoms with Crippen molar-refractivity contribution < 1.29 is 0 Å². The Balaban J connectivity index is 1.81. The summed E-state index contributed by atoms with van der Waals surface area (Å²) in [5.74, 6) is 1.01. The monoisotopic (exact) mass is 320 g/mol. The van der Waals surface area contributed by atoms with Gasteiger partial charge < -0.3 is 10.6 Å². The highest BCUT2D eigenvalue weighted by Gasteiger charge is 2.28. The minimum Gasteiger partial charge on any atom is -0.357 e. The lowest BCUT2D eigenvalue weighted by molar-refractivity contribution is 0.221. The summed E-state index contributed by atoms with van der Waals surface area (Å²) < 4.78 is 0. The van der Waals surface area contributed by atoms with E-state index in [0.717, 1.165) is 38.7 Å². The molecule has 0 aromatic heterocycles. The number of guanidine groups is 1. The van der Waals surface area contributed by atoms with Gasteiger partial charge in [-0.25, -0.2) is 0 Å². The summed E-state index contributed by atoms with van der Waals surface area (Å²) in [5, 5.41) is 7.09. The minimum atomic E-state index is 0.424. The largest absolute Gasteiger partial charge is 0.357 e. The van der Waals surface area contributed by atoms with Crippen molar-refractivity contribution in [2.24, 2.45) is 10.4 Å². The Morgan fingerprint density at radius 3 is 2.48 bits per heavy atom. The smallest absolute Gasteiger partial charge is 0.191 e. The first-order valence-corrected chi connectivity index (χ1v) is 9.42. The lowest BCUT2D eigenvalue weighted by Crippen LogP contribution is -2.49. The van der Waals surface area contributed by atoms with E-state index in [1.165, 1.54) is 44.1 Å². The van der Waals surface area contributed by atoms with Crippen LogP contribution in [0.2, 0.25) is 0 Å². The highest BCUT2D eigenvalue weighted by Crippen LogP contribution is 2.37. The average Bonchev–Trinajstić information content (AvgIpc) is 2.94.